The third-order valence-electron chi connectivity index (χ3n) is 4.82. The van der Waals surface area contributed by atoms with E-state index in [1.807, 2.05) is 12.1 Å². The Morgan fingerprint density at radius 3 is 2.48 bits per heavy atom. The molecule has 144 valence electrons. The monoisotopic (exact) mass is 447 g/mol. The molecule has 2 aromatic heterocycles. The summed E-state index contributed by atoms with van der Waals surface area (Å²) in [5.74, 6) is 0.752. The van der Waals surface area contributed by atoms with E-state index in [2.05, 4.69) is 85.1 Å². The van der Waals surface area contributed by atoms with Gasteiger partial charge in [-0.3, -0.25) is 0 Å². The standard InChI is InChI=1S/C24H21N3OSe/c1-24(2)16-28-22(26-24)18-12-6-7-13-19(18)29-23-21(17-10-4-3-5-11-17)25-20-14-8-9-15-27(20)23/h3-15H,16H2,1-2H3. The average Bonchev–Trinajstić information content (AvgIpc) is 3.29. The molecular formula is C24H21N3OSe. The van der Waals surface area contributed by atoms with Crippen molar-refractivity contribution < 1.29 is 4.74 Å². The Morgan fingerprint density at radius 1 is 0.931 bits per heavy atom. The van der Waals surface area contributed by atoms with Crippen molar-refractivity contribution in [2.24, 2.45) is 4.99 Å². The van der Waals surface area contributed by atoms with E-state index in [9.17, 15) is 0 Å². The predicted molar refractivity (Wildman–Crippen MR) is 119 cm³/mol. The van der Waals surface area contributed by atoms with Crippen LogP contribution in [0.4, 0.5) is 0 Å². The van der Waals surface area contributed by atoms with E-state index in [1.54, 1.807) is 0 Å². The van der Waals surface area contributed by atoms with Crippen molar-refractivity contribution in [2.45, 2.75) is 19.4 Å². The van der Waals surface area contributed by atoms with E-state index in [4.69, 9.17) is 14.7 Å². The molecule has 0 aliphatic carbocycles. The summed E-state index contributed by atoms with van der Waals surface area (Å²) in [5.41, 5.74) is 4.06. The molecule has 0 fully saturated rings. The molecule has 0 unspecified atom stereocenters. The molecule has 2 aromatic carbocycles. The van der Waals surface area contributed by atoms with Gasteiger partial charge in [0.2, 0.25) is 0 Å². The van der Waals surface area contributed by atoms with E-state index >= 15 is 0 Å². The van der Waals surface area contributed by atoms with Crippen LogP contribution in [0.2, 0.25) is 0 Å². The Kier molecular flexibility index (Phi) is 4.50. The number of ether oxygens (including phenoxy) is 1. The van der Waals surface area contributed by atoms with Crippen molar-refractivity contribution in [2.75, 3.05) is 6.61 Å². The molecule has 3 heterocycles. The van der Waals surface area contributed by atoms with E-state index < -0.39 is 0 Å². The molecule has 4 nitrogen and oxygen atoms in total. The number of nitrogens with zero attached hydrogens (tertiary/aromatic N) is 3. The number of rotatable bonds is 4. The first kappa shape index (κ1) is 18.2. The Balaban J connectivity index is 1.64. The van der Waals surface area contributed by atoms with Crippen molar-refractivity contribution in [3.05, 3.63) is 84.6 Å². The Morgan fingerprint density at radius 2 is 1.69 bits per heavy atom. The molecule has 5 heteroatoms. The quantitative estimate of drug-likeness (QED) is 0.452. The number of pyridine rings is 1. The molecule has 0 amide bonds. The number of imidazole rings is 1. The van der Waals surface area contributed by atoms with Crippen molar-refractivity contribution in [1.82, 2.24) is 9.38 Å². The van der Waals surface area contributed by atoms with Gasteiger partial charge in [0.15, 0.2) is 0 Å². The van der Waals surface area contributed by atoms with Crippen molar-refractivity contribution in [3.8, 4) is 11.3 Å². The van der Waals surface area contributed by atoms with Crippen LogP contribution in [0.15, 0.2) is 84.0 Å². The summed E-state index contributed by atoms with van der Waals surface area (Å²) >= 11 is 0.0289. The summed E-state index contributed by atoms with van der Waals surface area (Å²) in [5, 5.41) is 0. The molecule has 0 N–H and O–H groups in total. The van der Waals surface area contributed by atoms with E-state index in [0.717, 1.165) is 28.4 Å². The van der Waals surface area contributed by atoms with Crippen molar-refractivity contribution in [3.63, 3.8) is 0 Å². The minimum atomic E-state index is -0.173. The summed E-state index contributed by atoms with van der Waals surface area (Å²) in [4.78, 5) is 9.75. The molecular weight excluding hydrogens is 425 g/mol. The first-order chi connectivity index (χ1) is 14.1. The van der Waals surface area contributed by atoms with Gasteiger partial charge in [-0.2, -0.15) is 0 Å². The zero-order valence-corrected chi connectivity index (χ0v) is 18.1. The fourth-order valence-electron chi connectivity index (χ4n) is 3.41. The fourth-order valence-corrected chi connectivity index (χ4v) is 5.79. The van der Waals surface area contributed by atoms with Crippen molar-refractivity contribution >= 4 is 35.6 Å². The first-order valence-corrected chi connectivity index (χ1v) is 11.3. The van der Waals surface area contributed by atoms with Crippen LogP contribution in [-0.4, -0.2) is 42.4 Å². The summed E-state index contributed by atoms with van der Waals surface area (Å²) < 4.78 is 10.6. The van der Waals surface area contributed by atoms with Gasteiger partial charge in [-0.25, -0.2) is 0 Å². The van der Waals surface area contributed by atoms with E-state index in [0.29, 0.717) is 6.61 Å². The van der Waals surface area contributed by atoms with E-state index in [1.165, 1.54) is 9.05 Å². The minimum absolute atomic E-state index is 0.0289. The molecule has 1 aliphatic heterocycles. The number of benzene rings is 2. The Labute approximate surface area is 176 Å². The fraction of sp³-hybridized carbons (Fsp3) is 0.167. The summed E-state index contributed by atoms with van der Waals surface area (Å²) in [6.07, 6.45) is 2.10. The third kappa shape index (κ3) is 3.48. The molecule has 0 saturated carbocycles. The topological polar surface area (TPSA) is 38.9 Å². The van der Waals surface area contributed by atoms with Gasteiger partial charge in [0.05, 0.1) is 0 Å². The molecule has 0 atom stereocenters. The zero-order valence-electron chi connectivity index (χ0n) is 16.4. The van der Waals surface area contributed by atoms with Crippen LogP contribution in [-0.2, 0) is 4.74 Å². The van der Waals surface area contributed by atoms with Gasteiger partial charge >= 0.3 is 176 Å². The van der Waals surface area contributed by atoms with Crippen LogP contribution >= 0.6 is 0 Å². The van der Waals surface area contributed by atoms with Gasteiger partial charge in [0.1, 0.15) is 0 Å². The average molecular weight is 446 g/mol. The number of hydrogen-bond acceptors (Lipinski definition) is 3. The van der Waals surface area contributed by atoms with Gasteiger partial charge < -0.3 is 0 Å². The van der Waals surface area contributed by atoms with Crippen LogP contribution < -0.4 is 9.05 Å². The molecule has 0 saturated heterocycles. The van der Waals surface area contributed by atoms with Gasteiger partial charge in [-0.15, -0.1) is 0 Å². The molecule has 4 aromatic rings. The van der Waals surface area contributed by atoms with Gasteiger partial charge in [0, 0.05) is 0 Å². The van der Waals surface area contributed by atoms with E-state index in [-0.39, 0.29) is 20.5 Å². The molecule has 5 rings (SSSR count). The number of fused-ring (bicyclic) bond motifs is 1. The molecule has 0 radical (unpaired) electrons. The second kappa shape index (κ2) is 7.18. The third-order valence-corrected chi connectivity index (χ3v) is 7.26. The maximum absolute atomic E-state index is 5.95. The first-order valence-electron chi connectivity index (χ1n) is 9.63. The maximum atomic E-state index is 5.95. The number of aromatic nitrogens is 2. The number of hydrogen-bond donors (Lipinski definition) is 0. The molecule has 0 spiro atoms. The Hall–Kier alpha value is -2.88. The molecule has 1 aliphatic rings. The van der Waals surface area contributed by atoms with Crippen molar-refractivity contribution in [1.29, 1.82) is 0 Å². The molecule has 0 bridgehead atoms. The number of aliphatic imine (C=N–C) groups is 1. The molecule has 29 heavy (non-hydrogen) atoms. The van der Waals surface area contributed by atoms with Crippen LogP contribution in [0.3, 0.4) is 0 Å². The second-order valence-electron chi connectivity index (χ2n) is 7.68. The van der Waals surface area contributed by atoms with Crippen LogP contribution in [0, 0.1) is 0 Å². The predicted octanol–water partition coefficient (Wildman–Crippen LogP) is 3.21. The SMILES string of the molecule is CC1(C)COC(c2ccccc2[Se]c2c(-c3ccccc3)nc3ccccn23)=N1. The summed E-state index contributed by atoms with van der Waals surface area (Å²) in [6.45, 7) is 4.83. The van der Waals surface area contributed by atoms with Gasteiger partial charge in [-0.05, 0) is 0 Å². The summed E-state index contributed by atoms with van der Waals surface area (Å²) in [6, 6.07) is 25.0. The zero-order chi connectivity index (χ0) is 19.8. The second-order valence-corrected chi connectivity index (χ2v) is 9.84. The Bertz CT molecular complexity index is 1210. The summed E-state index contributed by atoms with van der Waals surface area (Å²) in [7, 11) is 0. The normalized spacial score (nSPS) is 15.3. The van der Waals surface area contributed by atoms with Crippen LogP contribution in [0.1, 0.15) is 19.4 Å². The van der Waals surface area contributed by atoms with Gasteiger partial charge in [0.25, 0.3) is 0 Å². The van der Waals surface area contributed by atoms with Gasteiger partial charge in [-0.1, -0.05) is 0 Å². The van der Waals surface area contributed by atoms with Crippen LogP contribution in [0.5, 0.6) is 0 Å². The van der Waals surface area contributed by atoms with Crippen LogP contribution in [0.25, 0.3) is 16.9 Å².